The van der Waals surface area contributed by atoms with Crippen LogP contribution in [0.4, 0.5) is 0 Å². The maximum Gasteiger partial charge on any atom is 0.289 e. The molecule has 17 heavy (non-hydrogen) atoms. The van der Waals surface area contributed by atoms with Crippen molar-refractivity contribution in [2.75, 3.05) is 26.2 Å². The topological polar surface area (TPSA) is 45.5 Å². The first-order valence-electron chi connectivity index (χ1n) is 5.96. The molecule has 4 nitrogen and oxygen atoms in total. The van der Waals surface area contributed by atoms with E-state index in [9.17, 15) is 4.79 Å². The Bertz CT molecular complexity index is 420. The summed E-state index contributed by atoms with van der Waals surface area (Å²) in [5.41, 5.74) is 0. The van der Waals surface area contributed by atoms with Crippen molar-refractivity contribution in [2.45, 2.75) is 6.42 Å². The Morgan fingerprint density at radius 2 is 2.12 bits per heavy atom. The molecule has 3 rings (SSSR count). The van der Waals surface area contributed by atoms with Crippen molar-refractivity contribution in [1.29, 1.82) is 0 Å². The normalized spacial score (nSPS) is 28.2. The van der Waals surface area contributed by atoms with Gasteiger partial charge in [-0.2, -0.15) is 0 Å². The molecule has 0 spiro atoms. The van der Waals surface area contributed by atoms with Gasteiger partial charge in [0, 0.05) is 19.2 Å². The predicted octanol–water partition coefficient (Wildman–Crippen LogP) is 1.72. The Kier molecular flexibility index (Phi) is 2.96. The zero-order valence-electron chi connectivity index (χ0n) is 9.49. The Hall–Kier alpha value is -0.810. The highest BCUT2D eigenvalue weighted by atomic mass is 79.9. The van der Waals surface area contributed by atoms with Gasteiger partial charge in [0.25, 0.3) is 5.91 Å². The minimum atomic E-state index is 0.0206. The van der Waals surface area contributed by atoms with Gasteiger partial charge >= 0.3 is 0 Å². The first-order chi connectivity index (χ1) is 8.22. The predicted molar refractivity (Wildman–Crippen MR) is 66.8 cm³/mol. The number of likely N-dealkylation sites (tertiary alicyclic amines) is 1. The molecular weight excluding hydrogens is 284 g/mol. The summed E-state index contributed by atoms with van der Waals surface area (Å²) in [5, 5.41) is 3.42. The summed E-state index contributed by atoms with van der Waals surface area (Å²) in [4.78, 5) is 14.2. The molecule has 0 radical (unpaired) electrons. The lowest BCUT2D eigenvalue weighted by molar-refractivity contribution is 0.0508. The van der Waals surface area contributed by atoms with Crippen LogP contribution in [0.25, 0.3) is 0 Å². The summed E-state index contributed by atoms with van der Waals surface area (Å²) in [7, 11) is 0. The molecular formula is C12H15BrN2O2. The van der Waals surface area contributed by atoms with E-state index in [1.807, 2.05) is 4.90 Å². The average Bonchev–Trinajstić information content (AvgIpc) is 2.74. The molecule has 1 aromatic heterocycles. The zero-order chi connectivity index (χ0) is 11.8. The quantitative estimate of drug-likeness (QED) is 0.859. The third-order valence-electron chi connectivity index (χ3n) is 3.56. The van der Waals surface area contributed by atoms with Gasteiger partial charge in [0.05, 0.1) is 4.47 Å². The third-order valence-corrected chi connectivity index (χ3v) is 3.97. The highest BCUT2D eigenvalue weighted by Crippen LogP contribution is 2.26. The van der Waals surface area contributed by atoms with Crippen LogP contribution in [0.3, 0.4) is 0 Å². The lowest BCUT2D eigenvalue weighted by Crippen LogP contribution is -2.52. The van der Waals surface area contributed by atoms with E-state index in [2.05, 4.69) is 21.2 Å². The van der Waals surface area contributed by atoms with Crippen molar-refractivity contribution in [3.05, 3.63) is 22.6 Å². The fraction of sp³-hybridized carbons (Fsp3) is 0.583. The molecule has 0 saturated carbocycles. The second-order valence-electron chi connectivity index (χ2n) is 4.97. The molecule has 1 aromatic rings. The Morgan fingerprint density at radius 1 is 1.41 bits per heavy atom. The molecule has 0 aromatic carbocycles. The summed E-state index contributed by atoms with van der Waals surface area (Å²) >= 11 is 3.30. The largest absolute Gasteiger partial charge is 0.458 e. The van der Waals surface area contributed by atoms with Crippen LogP contribution in [-0.4, -0.2) is 37.0 Å². The summed E-state index contributed by atoms with van der Waals surface area (Å²) in [6, 6.07) is 1.74. The molecule has 0 aliphatic carbocycles. The number of halogens is 1. The highest BCUT2D eigenvalue weighted by Gasteiger charge is 2.33. The fourth-order valence-electron chi connectivity index (χ4n) is 2.85. The average molecular weight is 299 g/mol. The van der Waals surface area contributed by atoms with Gasteiger partial charge in [-0.25, -0.2) is 0 Å². The number of fused-ring (bicyclic) bond motifs is 2. The second-order valence-corrected chi connectivity index (χ2v) is 5.88. The van der Waals surface area contributed by atoms with E-state index in [1.165, 1.54) is 6.42 Å². The van der Waals surface area contributed by atoms with Crippen molar-refractivity contribution >= 4 is 21.8 Å². The highest BCUT2D eigenvalue weighted by molar-refractivity contribution is 9.10. The van der Waals surface area contributed by atoms with Crippen molar-refractivity contribution in [1.82, 2.24) is 10.2 Å². The van der Waals surface area contributed by atoms with Gasteiger partial charge < -0.3 is 14.6 Å². The van der Waals surface area contributed by atoms with Crippen LogP contribution in [-0.2, 0) is 0 Å². The molecule has 2 bridgehead atoms. The number of rotatable bonds is 1. The van der Waals surface area contributed by atoms with Gasteiger partial charge in [-0.1, -0.05) is 0 Å². The molecule has 2 saturated heterocycles. The molecule has 2 fully saturated rings. The van der Waals surface area contributed by atoms with E-state index < -0.39 is 0 Å². The van der Waals surface area contributed by atoms with Crippen LogP contribution in [0.1, 0.15) is 17.0 Å². The smallest absolute Gasteiger partial charge is 0.289 e. The second kappa shape index (κ2) is 4.46. The van der Waals surface area contributed by atoms with Crippen molar-refractivity contribution in [3.63, 3.8) is 0 Å². The first-order valence-corrected chi connectivity index (χ1v) is 6.75. The molecule has 3 heterocycles. The minimum absolute atomic E-state index is 0.0206. The van der Waals surface area contributed by atoms with Crippen LogP contribution < -0.4 is 5.32 Å². The van der Waals surface area contributed by atoms with Gasteiger partial charge in [-0.15, -0.1) is 0 Å². The van der Waals surface area contributed by atoms with E-state index in [0.717, 1.165) is 30.7 Å². The van der Waals surface area contributed by atoms with Crippen molar-refractivity contribution in [3.8, 4) is 0 Å². The number of nitrogens with zero attached hydrogens (tertiary/aromatic N) is 1. The number of furan rings is 1. The molecule has 1 amide bonds. The lowest BCUT2D eigenvalue weighted by atomic mass is 9.86. The lowest BCUT2D eigenvalue weighted by Gasteiger charge is -2.41. The number of nitrogens with one attached hydrogen (secondary N) is 1. The number of hydrogen-bond donors (Lipinski definition) is 1. The maximum absolute atomic E-state index is 12.2. The summed E-state index contributed by atoms with van der Waals surface area (Å²) in [5.74, 6) is 1.66. The molecule has 2 aliphatic rings. The van der Waals surface area contributed by atoms with Crippen LogP contribution in [0.15, 0.2) is 21.2 Å². The molecule has 5 heteroatoms. The molecule has 92 valence electrons. The van der Waals surface area contributed by atoms with Crippen molar-refractivity contribution < 1.29 is 9.21 Å². The third kappa shape index (κ3) is 2.26. The van der Waals surface area contributed by atoms with Crippen LogP contribution in [0.5, 0.6) is 0 Å². The molecule has 0 unspecified atom stereocenters. The van der Waals surface area contributed by atoms with E-state index in [0.29, 0.717) is 17.6 Å². The standard InChI is InChI=1S/C12H15BrN2O2/c13-10-2-11(17-7-10)12(16)15-5-8-1-9(6-15)4-14-3-8/h2,7-9,14H,1,3-6H2/t8-,9+. The van der Waals surface area contributed by atoms with E-state index in [4.69, 9.17) is 4.42 Å². The number of amides is 1. The summed E-state index contributed by atoms with van der Waals surface area (Å²) in [6.07, 6.45) is 2.80. The Balaban J connectivity index is 1.74. The van der Waals surface area contributed by atoms with Gasteiger partial charge in [0.15, 0.2) is 5.76 Å². The van der Waals surface area contributed by atoms with Gasteiger partial charge in [0.2, 0.25) is 0 Å². The molecule has 2 aliphatic heterocycles. The SMILES string of the molecule is O=C(c1cc(Br)co1)N1C[C@@H]2CNC[C@@H](C2)C1. The van der Waals surface area contributed by atoms with Gasteiger partial charge in [-0.3, -0.25) is 4.79 Å². The van der Waals surface area contributed by atoms with Crippen LogP contribution >= 0.6 is 15.9 Å². The number of hydrogen-bond acceptors (Lipinski definition) is 3. The molecule has 2 atom stereocenters. The zero-order valence-corrected chi connectivity index (χ0v) is 11.1. The minimum Gasteiger partial charge on any atom is -0.458 e. The Labute approximate surface area is 108 Å². The van der Waals surface area contributed by atoms with Gasteiger partial charge in [0.1, 0.15) is 6.26 Å². The van der Waals surface area contributed by atoms with E-state index in [1.54, 1.807) is 12.3 Å². The number of piperidine rings is 2. The maximum atomic E-state index is 12.2. The monoisotopic (exact) mass is 298 g/mol. The first kappa shape index (κ1) is 11.3. The van der Waals surface area contributed by atoms with Crippen LogP contribution in [0.2, 0.25) is 0 Å². The summed E-state index contributed by atoms with van der Waals surface area (Å²) < 4.78 is 6.07. The van der Waals surface area contributed by atoms with Gasteiger partial charge in [-0.05, 0) is 47.3 Å². The summed E-state index contributed by atoms with van der Waals surface area (Å²) in [6.45, 7) is 3.76. The number of carbonyl (C=O) groups excluding carboxylic acids is 1. The van der Waals surface area contributed by atoms with E-state index in [-0.39, 0.29) is 5.91 Å². The number of carbonyl (C=O) groups is 1. The van der Waals surface area contributed by atoms with Crippen LogP contribution in [0, 0.1) is 11.8 Å². The fourth-order valence-corrected chi connectivity index (χ4v) is 3.15. The Morgan fingerprint density at radius 3 is 2.71 bits per heavy atom. The van der Waals surface area contributed by atoms with E-state index >= 15 is 0 Å². The molecule has 1 N–H and O–H groups in total. The van der Waals surface area contributed by atoms with Crippen molar-refractivity contribution in [2.24, 2.45) is 11.8 Å².